The first kappa shape index (κ1) is 70.4. The molecule has 0 heterocycles. The molecule has 0 radical (unpaired) electrons. The Hall–Kier alpha value is -5.65. The van der Waals surface area contributed by atoms with Crippen LogP contribution in [0, 0.1) is 49.4 Å². The summed E-state index contributed by atoms with van der Waals surface area (Å²) in [7, 11) is 0. The van der Waals surface area contributed by atoms with Gasteiger partial charge in [-0.25, -0.2) is 0 Å². The topological polar surface area (TPSA) is 104 Å². The summed E-state index contributed by atoms with van der Waals surface area (Å²) in [5.41, 5.74) is 13.1. The first-order valence-electron chi connectivity index (χ1n) is 26.5. The Morgan fingerprint density at radius 3 is 1.13 bits per heavy atom. The molecular weight excluding hydrogens is 1040 g/mol. The van der Waals surface area contributed by atoms with E-state index in [1.807, 2.05) is 71.9 Å². The smallest absolute Gasteiger partial charge is 0.416 e. The van der Waals surface area contributed by atoms with Gasteiger partial charge in [-0.15, -0.1) is 0 Å². The van der Waals surface area contributed by atoms with Crippen molar-refractivity contribution >= 4 is 29.1 Å². The Kier molecular flexibility index (Phi) is 31.0. The number of amides is 1. The van der Waals surface area contributed by atoms with E-state index in [4.69, 9.17) is 34.0 Å². The van der Waals surface area contributed by atoms with Gasteiger partial charge in [-0.3, -0.25) is 4.79 Å². The minimum absolute atomic E-state index is 0.0316. The van der Waals surface area contributed by atoms with Crippen LogP contribution in [0.3, 0.4) is 0 Å². The van der Waals surface area contributed by atoms with Gasteiger partial charge in [0, 0.05) is 5.56 Å². The summed E-state index contributed by atoms with van der Waals surface area (Å²) in [4.78, 5) is 10.9. The molecule has 0 unspecified atom stereocenters. The molecule has 0 aromatic heterocycles. The summed E-state index contributed by atoms with van der Waals surface area (Å²) in [6, 6.07) is 33.4. The van der Waals surface area contributed by atoms with Crippen molar-refractivity contribution in [2.75, 3.05) is 0 Å². The van der Waals surface area contributed by atoms with Crippen molar-refractivity contribution in [3.63, 3.8) is 0 Å². The lowest BCUT2D eigenvalue weighted by molar-refractivity contribution is -0.138. The molecule has 6 aromatic rings. The molecule has 430 valence electrons. The van der Waals surface area contributed by atoms with Crippen LogP contribution in [0.1, 0.15) is 149 Å². The largest absolute Gasteiger partial charge is 0.508 e. The van der Waals surface area contributed by atoms with Crippen LogP contribution in [0.4, 0.5) is 26.3 Å². The van der Waals surface area contributed by atoms with Crippen molar-refractivity contribution in [3.8, 4) is 17.2 Å². The lowest BCUT2D eigenvalue weighted by Crippen LogP contribution is -2.11. The number of carbonyl (C=O) groups is 1. The van der Waals surface area contributed by atoms with E-state index in [0.29, 0.717) is 69.0 Å². The van der Waals surface area contributed by atoms with Crippen molar-refractivity contribution in [1.29, 1.82) is 0 Å². The third kappa shape index (κ3) is 29.9. The molecule has 0 atom stereocenters. The van der Waals surface area contributed by atoms with E-state index in [1.165, 1.54) is 28.8 Å². The number of aryl methyl sites for hydroxylation is 2. The molecule has 6 rings (SSSR count). The number of phenolic OH excluding ortho intramolecular Hbond substituents is 3. The predicted octanol–water partition coefficient (Wildman–Crippen LogP) is 19.5. The number of halogens is 8. The normalized spacial score (nSPS) is 11.2. The Balaban J connectivity index is 0.000000469. The third-order valence-electron chi connectivity index (χ3n) is 11.2. The molecule has 0 spiro atoms. The van der Waals surface area contributed by atoms with Crippen LogP contribution >= 0.6 is 23.2 Å². The summed E-state index contributed by atoms with van der Waals surface area (Å²) in [5.74, 6) is 3.74. The highest BCUT2D eigenvalue weighted by atomic mass is 35.5. The molecule has 6 aromatic carbocycles. The van der Waals surface area contributed by atoms with Gasteiger partial charge in [0.2, 0.25) is 5.91 Å². The van der Waals surface area contributed by atoms with E-state index in [0.717, 1.165) is 78.1 Å². The number of carbonyl (C=O) groups excluding carboxylic acids is 1. The molecule has 5 nitrogen and oxygen atoms in total. The van der Waals surface area contributed by atoms with Crippen molar-refractivity contribution in [1.82, 2.24) is 0 Å². The van der Waals surface area contributed by atoms with Gasteiger partial charge < -0.3 is 21.1 Å². The highest BCUT2D eigenvalue weighted by Gasteiger charge is 2.31. The average Bonchev–Trinajstić information content (AvgIpc) is 3.30. The molecule has 0 aliphatic heterocycles. The van der Waals surface area contributed by atoms with Crippen molar-refractivity contribution < 1.29 is 46.5 Å². The molecule has 13 heteroatoms. The Morgan fingerprint density at radius 2 is 0.756 bits per heavy atom. The molecule has 0 bridgehead atoms. The molecule has 0 saturated carbocycles. The number of rotatable bonds is 13. The van der Waals surface area contributed by atoms with E-state index in [9.17, 15) is 41.4 Å². The maximum absolute atomic E-state index is 12.3. The second kappa shape index (κ2) is 34.4. The monoisotopic (exact) mass is 1130 g/mol. The first-order valence-corrected chi connectivity index (χ1v) is 27.3. The fourth-order valence-corrected chi connectivity index (χ4v) is 8.45. The third-order valence-corrected chi connectivity index (χ3v) is 11.8. The van der Waals surface area contributed by atoms with Crippen molar-refractivity contribution in [2.45, 2.75) is 148 Å². The molecule has 0 saturated heterocycles. The van der Waals surface area contributed by atoms with Crippen molar-refractivity contribution in [2.24, 2.45) is 41.2 Å². The number of primary amides is 1. The fraction of sp³-hybridized carbons (Fsp3) is 0.431. The van der Waals surface area contributed by atoms with Crippen LogP contribution in [0.2, 0.25) is 10.0 Å². The summed E-state index contributed by atoms with van der Waals surface area (Å²) in [6.45, 7) is 29.3. The minimum Gasteiger partial charge on any atom is -0.508 e. The van der Waals surface area contributed by atoms with Crippen LogP contribution in [-0.2, 0) is 50.9 Å². The van der Waals surface area contributed by atoms with Gasteiger partial charge in [-0.1, -0.05) is 173 Å². The predicted molar refractivity (Wildman–Crippen MR) is 313 cm³/mol. The summed E-state index contributed by atoms with van der Waals surface area (Å²) >= 11 is 11.5. The van der Waals surface area contributed by atoms with E-state index >= 15 is 0 Å². The highest BCUT2D eigenvalue weighted by molar-refractivity contribution is 6.37. The van der Waals surface area contributed by atoms with Gasteiger partial charge in [0.05, 0.1) is 21.2 Å². The summed E-state index contributed by atoms with van der Waals surface area (Å²) in [5, 5.41) is 28.5. The summed E-state index contributed by atoms with van der Waals surface area (Å²) in [6.07, 6.45) is -2.88. The van der Waals surface area contributed by atoms with Gasteiger partial charge in [-0.05, 0) is 187 Å². The van der Waals surface area contributed by atoms with Gasteiger partial charge in [0.1, 0.15) is 11.5 Å². The Bertz CT molecular complexity index is 2570. The van der Waals surface area contributed by atoms with Gasteiger partial charge in [-0.2, -0.15) is 26.3 Å². The van der Waals surface area contributed by atoms with Crippen LogP contribution in [0.5, 0.6) is 17.2 Å². The summed E-state index contributed by atoms with van der Waals surface area (Å²) < 4.78 is 73.5. The number of benzene rings is 6. The zero-order chi connectivity index (χ0) is 59.7. The second-order valence-electron chi connectivity index (χ2n) is 22.2. The molecule has 78 heavy (non-hydrogen) atoms. The van der Waals surface area contributed by atoms with E-state index in [-0.39, 0.29) is 11.7 Å². The number of nitrogens with two attached hydrogens (primary N) is 1. The maximum atomic E-state index is 12.3. The minimum atomic E-state index is -4.23. The lowest BCUT2D eigenvalue weighted by atomic mass is 9.98. The molecule has 0 fully saturated rings. The number of phenols is 3. The van der Waals surface area contributed by atoms with Crippen LogP contribution < -0.4 is 5.73 Å². The van der Waals surface area contributed by atoms with E-state index in [1.54, 1.807) is 48.5 Å². The van der Waals surface area contributed by atoms with Crippen LogP contribution in [0.25, 0.3) is 0 Å². The lowest BCUT2D eigenvalue weighted by Gasteiger charge is -2.09. The molecule has 0 aliphatic carbocycles. The standard InChI is InChI=1S/C12H18O.2C11H13F3.C11H15NO.C10H12Cl2O.C10H14O/c1-8(2)5-11-6-9(3)12(13)10(4)7-11;1-8(2)7-9-3-5-10(6-4-9)11(12,13)14;1-8(2)6-9-4-3-5-10(7-9)11(12,13)14;1-8(2)6-9-4-3-5-10(7-9)11(12)13;1-6(2)3-7-4-8(11)10(13)9(12)5-7;1-8(2)7-9-3-5-10(11)6-4-9/h6-8,13H,5H2,1-4H3;3-6,8H,7H2,1-2H3;3-5,7-8H,6H2,1-2H3;3-5,7-8H,6H2,1-2H3,(H2,12,13);4-6,13H,3H2,1-2H3;3-6,8,11H,7H2,1-2H3. The zero-order valence-corrected chi connectivity index (χ0v) is 49.6. The average molecular weight is 1130 g/mol. The SMILES string of the molecule is CC(C)Cc1cc(Cl)c(O)c(Cl)c1.CC(C)Cc1ccc(C(F)(F)F)cc1.CC(C)Cc1ccc(O)cc1.CC(C)Cc1cccc(C(F)(F)F)c1.CC(C)Cc1cccc(C(N)=O)c1.Cc1cc(CC(C)C)cc(C)c1O. The molecule has 1 amide bonds. The quantitative estimate of drug-likeness (QED) is 0.0865. The first-order chi connectivity index (χ1) is 36.1. The highest BCUT2D eigenvalue weighted by Crippen LogP contribution is 2.34. The number of alkyl halides is 6. The Labute approximate surface area is 472 Å². The molecular formula is C65H85Cl2F6NO4. The van der Waals surface area contributed by atoms with Gasteiger partial charge in [0.25, 0.3) is 0 Å². The van der Waals surface area contributed by atoms with Gasteiger partial charge in [0.15, 0.2) is 5.75 Å². The second-order valence-corrected chi connectivity index (χ2v) is 23.0. The fourth-order valence-electron chi connectivity index (χ4n) is 7.92. The Morgan fingerprint density at radius 1 is 0.423 bits per heavy atom. The molecule has 0 aliphatic rings. The van der Waals surface area contributed by atoms with E-state index < -0.39 is 23.5 Å². The maximum Gasteiger partial charge on any atom is 0.416 e. The zero-order valence-electron chi connectivity index (χ0n) is 48.1. The van der Waals surface area contributed by atoms with E-state index in [2.05, 4.69) is 67.5 Å². The van der Waals surface area contributed by atoms with Crippen LogP contribution in [-0.4, -0.2) is 21.2 Å². The number of aromatic hydroxyl groups is 3. The molecule has 5 N–H and O–H groups in total. The van der Waals surface area contributed by atoms with Gasteiger partial charge >= 0.3 is 12.4 Å². The van der Waals surface area contributed by atoms with Crippen LogP contribution in [0.15, 0.2) is 121 Å². The number of hydrogen-bond donors (Lipinski definition) is 4. The number of hydrogen-bond acceptors (Lipinski definition) is 4. The van der Waals surface area contributed by atoms with Crippen molar-refractivity contribution in [3.05, 3.63) is 193 Å².